The van der Waals surface area contributed by atoms with Gasteiger partial charge < -0.3 is 20.3 Å². The molecule has 2 N–H and O–H groups in total. The number of fused-ring (bicyclic) bond motifs is 1. The molecule has 2 aliphatic heterocycles. The number of nitrogens with zero attached hydrogens (tertiary/aromatic N) is 3. The van der Waals surface area contributed by atoms with Gasteiger partial charge in [-0.15, -0.1) is 24.8 Å². The maximum atomic E-state index is 5.99. The van der Waals surface area contributed by atoms with Crippen molar-refractivity contribution in [1.29, 1.82) is 0 Å². The van der Waals surface area contributed by atoms with Gasteiger partial charge in [-0.25, -0.2) is 9.97 Å². The molecule has 8 heteroatoms. The molecule has 1 fully saturated rings. The molecular weight excluding hydrogens is 361 g/mol. The summed E-state index contributed by atoms with van der Waals surface area (Å²) < 4.78 is 5.99. The Kier molecular flexibility index (Phi) is 10.6. The molecule has 0 unspecified atom stereocenters. The smallest absolute Gasteiger partial charge is 0.132 e. The predicted molar refractivity (Wildman–Crippen MR) is 106 cm³/mol. The normalized spacial score (nSPS) is 18.4. The lowest BCUT2D eigenvalue weighted by atomic mass is 10.1. The van der Waals surface area contributed by atoms with Crippen molar-refractivity contribution < 1.29 is 4.74 Å². The predicted octanol–water partition coefficient (Wildman–Crippen LogP) is 1.92. The standard InChI is InChI=1S/C17H29N5O.2ClH/c1-22-10-5-14(6-11-22)23-12-2-7-19-17-15-3-8-18-9-4-16(15)20-13-21-17;;/h13-14,18H,2-12H2,1H3,(H,19,20,21);2*1H. The van der Waals surface area contributed by atoms with Crippen molar-refractivity contribution in [2.75, 3.05) is 51.7 Å². The zero-order valence-corrected chi connectivity index (χ0v) is 16.6. The Morgan fingerprint density at radius 1 is 1.20 bits per heavy atom. The van der Waals surface area contributed by atoms with Crippen molar-refractivity contribution in [3.8, 4) is 0 Å². The van der Waals surface area contributed by atoms with Crippen molar-refractivity contribution in [3.63, 3.8) is 0 Å². The number of piperidine rings is 1. The third kappa shape index (κ3) is 6.87. The Balaban J connectivity index is 0.00000156. The van der Waals surface area contributed by atoms with E-state index in [0.29, 0.717) is 6.10 Å². The Bertz CT molecular complexity index is 498. The fraction of sp³-hybridized carbons (Fsp3) is 0.765. The lowest BCUT2D eigenvalue weighted by molar-refractivity contribution is 0.0125. The molecular formula is C17H31Cl2N5O. The summed E-state index contributed by atoms with van der Waals surface area (Å²) in [6.45, 7) is 6.07. The van der Waals surface area contributed by atoms with Gasteiger partial charge in [0, 0.05) is 44.8 Å². The van der Waals surface area contributed by atoms with Crippen LogP contribution >= 0.6 is 24.8 Å². The zero-order valence-electron chi connectivity index (χ0n) is 15.0. The molecule has 3 heterocycles. The van der Waals surface area contributed by atoms with E-state index >= 15 is 0 Å². The van der Waals surface area contributed by atoms with E-state index in [1.54, 1.807) is 6.33 Å². The van der Waals surface area contributed by atoms with E-state index in [9.17, 15) is 0 Å². The second-order valence-electron chi connectivity index (χ2n) is 6.55. The van der Waals surface area contributed by atoms with Crippen molar-refractivity contribution in [2.45, 2.75) is 38.2 Å². The largest absolute Gasteiger partial charge is 0.378 e. The van der Waals surface area contributed by atoms with E-state index < -0.39 is 0 Å². The van der Waals surface area contributed by atoms with Crippen LogP contribution in [-0.4, -0.2) is 67.4 Å². The first-order chi connectivity index (χ1) is 11.3. The van der Waals surface area contributed by atoms with Gasteiger partial charge in [-0.1, -0.05) is 0 Å². The maximum absolute atomic E-state index is 5.99. The molecule has 1 saturated heterocycles. The first-order valence-electron chi connectivity index (χ1n) is 8.90. The van der Waals surface area contributed by atoms with Gasteiger partial charge in [-0.3, -0.25) is 0 Å². The van der Waals surface area contributed by atoms with E-state index in [4.69, 9.17) is 4.74 Å². The fourth-order valence-corrected chi connectivity index (χ4v) is 3.30. The van der Waals surface area contributed by atoms with Gasteiger partial charge in [0.05, 0.1) is 11.8 Å². The lowest BCUT2D eigenvalue weighted by Gasteiger charge is -2.28. The Morgan fingerprint density at radius 3 is 2.76 bits per heavy atom. The molecule has 0 aromatic carbocycles. The number of hydrogen-bond acceptors (Lipinski definition) is 6. The van der Waals surface area contributed by atoms with Crippen LogP contribution < -0.4 is 10.6 Å². The molecule has 1 aromatic heterocycles. The third-order valence-corrected chi connectivity index (χ3v) is 4.76. The molecule has 0 amide bonds. The van der Waals surface area contributed by atoms with Gasteiger partial charge >= 0.3 is 0 Å². The minimum Gasteiger partial charge on any atom is -0.378 e. The van der Waals surface area contributed by atoms with Crippen LogP contribution in [0.4, 0.5) is 5.82 Å². The van der Waals surface area contributed by atoms with Crippen molar-refractivity contribution in [1.82, 2.24) is 20.2 Å². The summed E-state index contributed by atoms with van der Waals surface area (Å²) in [6, 6.07) is 0. The van der Waals surface area contributed by atoms with Gasteiger partial charge in [0.2, 0.25) is 0 Å². The highest BCUT2D eigenvalue weighted by Gasteiger charge is 2.17. The molecule has 144 valence electrons. The number of nitrogens with one attached hydrogen (secondary N) is 2. The summed E-state index contributed by atoms with van der Waals surface area (Å²) in [4.78, 5) is 11.2. The van der Waals surface area contributed by atoms with Gasteiger partial charge in [0.15, 0.2) is 0 Å². The summed E-state index contributed by atoms with van der Waals surface area (Å²) in [5.74, 6) is 1.01. The molecule has 6 nitrogen and oxygen atoms in total. The number of rotatable bonds is 6. The van der Waals surface area contributed by atoms with Crippen molar-refractivity contribution in [3.05, 3.63) is 17.6 Å². The summed E-state index contributed by atoms with van der Waals surface area (Å²) in [5.41, 5.74) is 2.48. The van der Waals surface area contributed by atoms with Crippen molar-refractivity contribution in [2.24, 2.45) is 0 Å². The quantitative estimate of drug-likeness (QED) is 0.722. The highest BCUT2D eigenvalue weighted by atomic mass is 35.5. The minimum absolute atomic E-state index is 0. The van der Waals surface area contributed by atoms with E-state index in [1.165, 1.54) is 11.3 Å². The molecule has 0 bridgehead atoms. The van der Waals surface area contributed by atoms with Crippen LogP contribution in [0.25, 0.3) is 0 Å². The monoisotopic (exact) mass is 391 g/mol. The van der Waals surface area contributed by atoms with Gasteiger partial charge in [-0.05, 0) is 39.3 Å². The molecule has 1 aromatic rings. The molecule has 25 heavy (non-hydrogen) atoms. The van der Waals surface area contributed by atoms with Crippen LogP contribution in [0.5, 0.6) is 0 Å². The molecule has 0 spiro atoms. The van der Waals surface area contributed by atoms with Gasteiger partial charge in [-0.2, -0.15) is 0 Å². The van der Waals surface area contributed by atoms with Gasteiger partial charge in [0.25, 0.3) is 0 Å². The number of hydrogen-bond donors (Lipinski definition) is 2. The summed E-state index contributed by atoms with van der Waals surface area (Å²) in [7, 11) is 2.18. The molecule has 3 rings (SSSR count). The molecule has 0 saturated carbocycles. The molecule has 0 radical (unpaired) electrons. The van der Waals surface area contributed by atoms with Crippen LogP contribution in [0.3, 0.4) is 0 Å². The summed E-state index contributed by atoms with van der Waals surface area (Å²) in [5, 5.41) is 6.90. The zero-order chi connectivity index (χ0) is 15.9. The first kappa shape index (κ1) is 22.4. The maximum Gasteiger partial charge on any atom is 0.132 e. The van der Waals surface area contributed by atoms with Crippen molar-refractivity contribution >= 4 is 30.6 Å². The molecule has 0 aliphatic carbocycles. The van der Waals surface area contributed by atoms with E-state index in [0.717, 1.165) is 77.3 Å². The highest BCUT2D eigenvalue weighted by Crippen LogP contribution is 2.18. The number of ether oxygens (including phenoxy) is 1. The number of likely N-dealkylation sites (tertiary alicyclic amines) is 1. The average molecular weight is 392 g/mol. The topological polar surface area (TPSA) is 62.3 Å². The first-order valence-corrected chi connectivity index (χ1v) is 8.90. The van der Waals surface area contributed by atoms with Crippen LogP contribution in [0, 0.1) is 0 Å². The second kappa shape index (κ2) is 11.9. The average Bonchev–Trinajstić information content (AvgIpc) is 2.82. The van der Waals surface area contributed by atoms with Crippen LogP contribution in [0.1, 0.15) is 30.5 Å². The number of halogens is 2. The van der Waals surface area contributed by atoms with E-state index in [-0.39, 0.29) is 24.8 Å². The van der Waals surface area contributed by atoms with E-state index in [2.05, 4.69) is 32.5 Å². The van der Waals surface area contributed by atoms with Crippen LogP contribution in [-0.2, 0) is 17.6 Å². The minimum atomic E-state index is 0. The van der Waals surface area contributed by atoms with Crippen LogP contribution in [0.2, 0.25) is 0 Å². The molecule has 2 aliphatic rings. The Labute approximate surface area is 163 Å². The SMILES string of the molecule is CN1CCC(OCCCNc2ncnc3c2CCNCC3)CC1.Cl.Cl. The molecule has 0 atom stereocenters. The second-order valence-corrected chi connectivity index (χ2v) is 6.55. The fourth-order valence-electron chi connectivity index (χ4n) is 3.30. The Morgan fingerprint density at radius 2 is 1.96 bits per heavy atom. The summed E-state index contributed by atoms with van der Waals surface area (Å²) >= 11 is 0. The number of aromatic nitrogens is 2. The lowest BCUT2D eigenvalue weighted by Crippen LogP contribution is -2.34. The third-order valence-electron chi connectivity index (χ3n) is 4.76. The Hall–Kier alpha value is -0.660. The number of anilines is 1. The van der Waals surface area contributed by atoms with Gasteiger partial charge in [0.1, 0.15) is 12.1 Å². The summed E-state index contributed by atoms with van der Waals surface area (Å²) in [6.07, 6.45) is 7.47. The highest BCUT2D eigenvalue weighted by molar-refractivity contribution is 5.85. The van der Waals surface area contributed by atoms with E-state index in [1.807, 2.05) is 0 Å². The van der Waals surface area contributed by atoms with Crippen LogP contribution in [0.15, 0.2) is 6.33 Å².